The molecule has 1 atom stereocenters. The van der Waals surface area contributed by atoms with Crippen molar-refractivity contribution in [2.45, 2.75) is 70.8 Å². The summed E-state index contributed by atoms with van der Waals surface area (Å²) < 4.78 is 85.4. The van der Waals surface area contributed by atoms with Crippen LogP contribution in [0.25, 0.3) is 0 Å². The van der Waals surface area contributed by atoms with Crippen molar-refractivity contribution >= 4 is 0 Å². The van der Waals surface area contributed by atoms with Gasteiger partial charge < -0.3 is 9.84 Å². The smallest absolute Gasteiger partial charge is 0.396 e. The van der Waals surface area contributed by atoms with E-state index in [2.05, 4.69) is 0 Å². The third-order valence-electron chi connectivity index (χ3n) is 6.87. The highest BCUT2D eigenvalue weighted by Gasteiger charge is 2.42. The average Bonchev–Trinajstić information content (AvgIpc) is 2.78. The van der Waals surface area contributed by atoms with Gasteiger partial charge in [0.2, 0.25) is 0 Å². The fraction of sp³-hybridized carbons (Fsp3) is 0.538. The summed E-state index contributed by atoms with van der Waals surface area (Å²) in [6.45, 7) is 3.68. The van der Waals surface area contributed by atoms with Gasteiger partial charge in [0.1, 0.15) is 0 Å². The lowest BCUT2D eigenvalue weighted by Crippen LogP contribution is -2.41. The molecule has 0 aliphatic heterocycles. The highest BCUT2D eigenvalue weighted by Crippen LogP contribution is 2.47. The number of benzene rings is 2. The Labute approximate surface area is 196 Å². The van der Waals surface area contributed by atoms with Gasteiger partial charge >= 0.3 is 12.4 Å². The molecule has 0 unspecified atom stereocenters. The number of alkyl halides is 6. The van der Waals surface area contributed by atoms with Crippen LogP contribution in [0.4, 0.5) is 26.3 Å². The monoisotopic (exact) mass is 490 g/mol. The fourth-order valence-electron chi connectivity index (χ4n) is 4.39. The first kappa shape index (κ1) is 28.2. The zero-order chi connectivity index (χ0) is 24.5. The molecular formula is C26H32F6O2. The molecule has 0 amide bonds. The maximum Gasteiger partial charge on any atom is 0.416 e. The molecular weight excluding hydrogens is 458 g/mol. The zero-order valence-electron chi connectivity index (χ0n) is 18.6. The molecule has 34 heavy (non-hydrogen) atoms. The molecule has 1 N–H and O–H groups in total. The number of aliphatic hydroxyl groups excluding tert-OH is 1. The van der Waals surface area contributed by atoms with Gasteiger partial charge in [-0.15, -0.1) is 0 Å². The Hall–Kier alpha value is -2.06. The molecule has 190 valence electrons. The van der Waals surface area contributed by atoms with Crippen molar-refractivity contribution in [1.29, 1.82) is 0 Å². The minimum Gasteiger partial charge on any atom is -0.396 e. The summed E-state index contributed by atoms with van der Waals surface area (Å²) in [4.78, 5) is 0. The van der Waals surface area contributed by atoms with Gasteiger partial charge in [-0.2, -0.15) is 26.3 Å². The first-order chi connectivity index (χ1) is 15.3. The summed E-state index contributed by atoms with van der Waals surface area (Å²) in [6.07, 6.45) is -7.93. The van der Waals surface area contributed by atoms with E-state index in [9.17, 15) is 31.4 Å². The lowest BCUT2D eigenvalue weighted by Gasteiger charge is -2.45. The van der Waals surface area contributed by atoms with Crippen molar-refractivity contribution in [3.05, 3.63) is 70.8 Å². The van der Waals surface area contributed by atoms with Crippen LogP contribution in [0.3, 0.4) is 0 Å². The molecule has 2 aromatic carbocycles. The predicted molar refractivity (Wildman–Crippen MR) is 119 cm³/mol. The Bertz CT molecular complexity index is 896. The second-order valence-electron chi connectivity index (χ2n) is 9.41. The normalized spacial score (nSPS) is 24.4. The quantitative estimate of drug-likeness (QED) is 0.417. The van der Waals surface area contributed by atoms with Gasteiger partial charge in [0.15, 0.2) is 0 Å². The Morgan fingerprint density at radius 3 is 1.82 bits per heavy atom. The zero-order valence-corrected chi connectivity index (χ0v) is 18.6. The van der Waals surface area contributed by atoms with Crippen molar-refractivity contribution in [1.82, 2.24) is 0 Å². The fourth-order valence-corrected chi connectivity index (χ4v) is 4.39. The minimum atomic E-state index is -4.90. The van der Waals surface area contributed by atoms with Gasteiger partial charge in [-0.25, -0.2) is 0 Å². The molecule has 0 spiro atoms. The van der Waals surface area contributed by atoms with Gasteiger partial charge in [0.25, 0.3) is 0 Å². The van der Waals surface area contributed by atoms with Gasteiger partial charge in [0.05, 0.1) is 23.8 Å². The van der Waals surface area contributed by atoms with Gasteiger partial charge in [-0.1, -0.05) is 44.7 Å². The highest BCUT2D eigenvalue weighted by molar-refractivity contribution is 5.35. The molecule has 0 aromatic heterocycles. The third-order valence-corrected chi connectivity index (χ3v) is 6.87. The maximum absolute atomic E-state index is 13.2. The Balaban J connectivity index is 0.00000408. The van der Waals surface area contributed by atoms with Gasteiger partial charge in [-0.3, -0.25) is 0 Å². The SMILES string of the molecule is C.C[C@@H](OCC1(c2ccccc2)CCC(C)(CO)CC1)c1cc(C(F)(F)F)cc(C(F)(F)F)c1. The van der Waals surface area contributed by atoms with E-state index < -0.39 is 35.0 Å². The molecule has 1 aliphatic carbocycles. The van der Waals surface area contributed by atoms with Crippen LogP contribution in [0, 0.1) is 5.41 Å². The van der Waals surface area contributed by atoms with E-state index in [1.165, 1.54) is 6.92 Å². The average molecular weight is 491 g/mol. The molecule has 0 saturated heterocycles. The molecule has 2 aromatic rings. The number of hydrogen-bond donors (Lipinski definition) is 1. The predicted octanol–water partition coefficient (Wildman–Crippen LogP) is 7.95. The molecule has 0 heterocycles. The summed E-state index contributed by atoms with van der Waals surface area (Å²) in [6, 6.07) is 11.1. The van der Waals surface area contributed by atoms with Crippen LogP contribution in [0.5, 0.6) is 0 Å². The number of rotatable bonds is 6. The molecule has 1 aliphatic rings. The summed E-state index contributed by atoms with van der Waals surface area (Å²) >= 11 is 0. The third kappa shape index (κ3) is 6.33. The first-order valence-electron chi connectivity index (χ1n) is 10.9. The van der Waals surface area contributed by atoms with Crippen molar-refractivity contribution in [3.8, 4) is 0 Å². The summed E-state index contributed by atoms with van der Waals surface area (Å²) in [5.74, 6) is 0. The molecule has 3 rings (SSSR count). The van der Waals surface area contributed by atoms with Crippen LogP contribution < -0.4 is 0 Å². The van der Waals surface area contributed by atoms with Crippen LogP contribution >= 0.6 is 0 Å². The van der Waals surface area contributed by atoms with Crippen LogP contribution in [-0.2, 0) is 22.5 Å². The molecule has 1 fully saturated rings. The van der Waals surface area contributed by atoms with Crippen LogP contribution in [0.1, 0.15) is 75.3 Å². The highest BCUT2D eigenvalue weighted by atomic mass is 19.4. The van der Waals surface area contributed by atoms with E-state index >= 15 is 0 Å². The molecule has 8 heteroatoms. The van der Waals surface area contributed by atoms with E-state index in [0.29, 0.717) is 12.8 Å². The second-order valence-corrected chi connectivity index (χ2v) is 9.41. The topological polar surface area (TPSA) is 29.5 Å². The van der Waals surface area contributed by atoms with Crippen molar-refractivity contribution < 1.29 is 36.2 Å². The molecule has 2 nitrogen and oxygen atoms in total. The van der Waals surface area contributed by atoms with Crippen LogP contribution in [0.15, 0.2) is 48.5 Å². The largest absolute Gasteiger partial charge is 0.416 e. The summed E-state index contributed by atoms with van der Waals surface area (Å²) in [7, 11) is 0. The first-order valence-corrected chi connectivity index (χ1v) is 10.9. The van der Waals surface area contributed by atoms with Crippen molar-refractivity contribution in [2.24, 2.45) is 5.41 Å². The summed E-state index contributed by atoms with van der Waals surface area (Å²) in [5.41, 5.74) is -2.51. The summed E-state index contributed by atoms with van der Waals surface area (Å²) in [5, 5.41) is 9.73. The Kier molecular flexibility index (Phi) is 8.52. The lowest BCUT2D eigenvalue weighted by atomic mass is 9.62. The Morgan fingerprint density at radius 1 is 0.882 bits per heavy atom. The lowest BCUT2D eigenvalue weighted by molar-refractivity contribution is -0.143. The standard InChI is InChI=1S/C25H28F6O2.CH4/c1-17(18-12-20(24(26,27)28)14-21(13-18)25(29,30)31)33-16-23(19-6-4-3-5-7-19)10-8-22(2,15-32)9-11-23;/h3-7,12-14,17,32H,8-11,15-16H2,1-2H3;1H4/t17-,22?,23?;/m1./s1. The number of aliphatic hydroxyl groups is 1. The number of hydrogen-bond acceptors (Lipinski definition) is 2. The maximum atomic E-state index is 13.2. The second kappa shape index (κ2) is 10.3. The van der Waals surface area contributed by atoms with E-state index in [4.69, 9.17) is 4.74 Å². The number of halogens is 6. The van der Waals surface area contributed by atoms with E-state index in [1.807, 2.05) is 37.3 Å². The Morgan fingerprint density at radius 2 is 1.38 bits per heavy atom. The van der Waals surface area contributed by atoms with Gasteiger partial charge in [-0.05, 0) is 67.3 Å². The van der Waals surface area contributed by atoms with E-state index in [1.54, 1.807) is 0 Å². The molecule has 0 radical (unpaired) electrons. The van der Waals surface area contributed by atoms with E-state index in [-0.39, 0.29) is 37.7 Å². The van der Waals surface area contributed by atoms with Crippen LogP contribution in [0.2, 0.25) is 0 Å². The van der Waals surface area contributed by atoms with Crippen LogP contribution in [-0.4, -0.2) is 18.3 Å². The molecule has 1 saturated carbocycles. The van der Waals surface area contributed by atoms with Crippen molar-refractivity contribution in [3.63, 3.8) is 0 Å². The molecule has 0 bridgehead atoms. The van der Waals surface area contributed by atoms with Gasteiger partial charge in [0, 0.05) is 12.0 Å². The minimum absolute atomic E-state index is 0. The number of ether oxygens (including phenoxy) is 1. The van der Waals surface area contributed by atoms with Crippen molar-refractivity contribution in [2.75, 3.05) is 13.2 Å². The van der Waals surface area contributed by atoms with E-state index in [0.717, 1.165) is 30.5 Å².